The third kappa shape index (κ3) is 2.99. The molecule has 0 saturated heterocycles. The molecule has 1 N–H and O–H groups in total. The van der Waals surface area contributed by atoms with Crippen molar-refractivity contribution in [3.05, 3.63) is 51.7 Å². The highest BCUT2D eigenvalue weighted by Gasteiger charge is 2.23. The van der Waals surface area contributed by atoms with E-state index in [0.717, 1.165) is 35.5 Å². The highest BCUT2D eigenvalue weighted by molar-refractivity contribution is 7.12. The summed E-state index contributed by atoms with van der Waals surface area (Å²) in [6, 6.07) is 11.9. The van der Waals surface area contributed by atoms with Crippen molar-refractivity contribution >= 4 is 11.3 Å². The van der Waals surface area contributed by atoms with Crippen LogP contribution in [0.15, 0.2) is 36.4 Å². The van der Waals surface area contributed by atoms with E-state index in [2.05, 4.69) is 13.0 Å². The van der Waals surface area contributed by atoms with Crippen molar-refractivity contribution in [2.24, 2.45) is 0 Å². The summed E-state index contributed by atoms with van der Waals surface area (Å²) in [5.41, 5.74) is 0.905. The number of hydrogen-bond acceptors (Lipinski definition) is 3. The van der Waals surface area contributed by atoms with Gasteiger partial charge in [-0.1, -0.05) is 19.1 Å². The normalized spacial score (nSPS) is 16.3. The molecule has 1 unspecified atom stereocenters. The molecule has 0 aliphatic heterocycles. The first-order valence-corrected chi connectivity index (χ1v) is 7.61. The lowest BCUT2D eigenvalue weighted by molar-refractivity contribution is 0.223. The molecule has 100 valence electrons. The number of benzene rings is 1. The fourth-order valence-corrected chi connectivity index (χ4v) is 3.00. The summed E-state index contributed by atoms with van der Waals surface area (Å²) in [5.74, 6) is 0.867. The van der Waals surface area contributed by atoms with Gasteiger partial charge in [-0.05, 0) is 49.1 Å². The van der Waals surface area contributed by atoms with E-state index in [9.17, 15) is 5.11 Å². The molecule has 3 heteroatoms. The molecule has 1 heterocycles. The molecule has 0 amide bonds. The molecule has 0 spiro atoms. The fraction of sp³-hybridized carbons (Fsp3) is 0.375. The Bertz CT molecular complexity index is 557. The van der Waals surface area contributed by atoms with Gasteiger partial charge in [0.25, 0.3) is 0 Å². The van der Waals surface area contributed by atoms with Crippen LogP contribution in [0.1, 0.15) is 41.2 Å². The first kappa shape index (κ1) is 12.7. The Morgan fingerprint density at radius 3 is 2.84 bits per heavy atom. The van der Waals surface area contributed by atoms with Gasteiger partial charge in [0.05, 0.1) is 6.10 Å². The van der Waals surface area contributed by atoms with Gasteiger partial charge in [-0.25, -0.2) is 0 Å². The van der Waals surface area contributed by atoms with Gasteiger partial charge in [-0.3, -0.25) is 0 Å². The van der Waals surface area contributed by atoms with Crippen molar-refractivity contribution in [1.29, 1.82) is 0 Å². The van der Waals surface area contributed by atoms with Crippen LogP contribution in [0.25, 0.3) is 0 Å². The minimum absolute atomic E-state index is 0.390. The first-order valence-electron chi connectivity index (χ1n) is 6.79. The molecule has 1 aliphatic carbocycles. The molecule has 1 atom stereocenters. The molecule has 3 rings (SSSR count). The predicted octanol–water partition coefficient (Wildman–Crippen LogP) is 3.93. The standard InChI is InChI=1S/C16H18O2S/c1-2-14-8-9-15(19-14)16(17)11-4-3-5-13(10-11)18-12-6-7-12/h3-5,8-10,12,16-17H,2,6-7H2,1H3. The maximum atomic E-state index is 10.4. The average Bonchev–Trinajstić information content (AvgIpc) is 3.11. The lowest BCUT2D eigenvalue weighted by atomic mass is 10.1. The maximum absolute atomic E-state index is 10.4. The van der Waals surface area contributed by atoms with E-state index in [1.807, 2.05) is 30.3 Å². The smallest absolute Gasteiger partial charge is 0.120 e. The molecule has 1 aliphatic rings. The van der Waals surface area contributed by atoms with Crippen LogP contribution < -0.4 is 4.74 Å². The van der Waals surface area contributed by atoms with E-state index < -0.39 is 6.10 Å². The quantitative estimate of drug-likeness (QED) is 0.895. The summed E-state index contributed by atoms with van der Waals surface area (Å²) >= 11 is 1.68. The zero-order valence-electron chi connectivity index (χ0n) is 11.0. The number of aliphatic hydroxyl groups is 1. The minimum Gasteiger partial charge on any atom is -0.490 e. The third-order valence-corrected chi connectivity index (χ3v) is 4.58. The molecule has 2 aromatic rings. The van der Waals surface area contributed by atoms with Crippen LogP contribution >= 0.6 is 11.3 Å². The second kappa shape index (κ2) is 5.35. The second-order valence-corrected chi connectivity index (χ2v) is 6.15. The summed E-state index contributed by atoms with van der Waals surface area (Å²) in [5, 5.41) is 10.4. The Balaban J connectivity index is 1.79. The topological polar surface area (TPSA) is 29.5 Å². The van der Waals surface area contributed by atoms with Crippen molar-refractivity contribution in [2.45, 2.75) is 38.4 Å². The number of ether oxygens (including phenoxy) is 1. The monoisotopic (exact) mass is 274 g/mol. The van der Waals surface area contributed by atoms with Crippen LogP contribution in [0.3, 0.4) is 0 Å². The molecule has 1 saturated carbocycles. The lowest BCUT2D eigenvalue weighted by Gasteiger charge is -2.11. The number of thiophene rings is 1. The Kier molecular flexibility index (Phi) is 3.58. The summed E-state index contributed by atoms with van der Waals surface area (Å²) in [7, 11) is 0. The van der Waals surface area contributed by atoms with Gasteiger partial charge in [0, 0.05) is 9.75 Å². The number of hydrogen-bond donors (Lipinski definition) is 1. The van der Waals surface area contributed by atoms with E-state index in [0.29, 0.717) is 6.10 Å². The summed E-state index contributed by atoms with van der Waals surface area (Å²) in [6.07, 6.45) is 3.16. The molecule has 2 nitrogen and oxygen atoms in total. The second-order valence-electron chi connectivity index (χ2n) is 4.95. The highest BCUT2D eigenvalue weighted by Crippen LogP contribution is 2.32. The molecular weight excluding hydrogens is 256 g/mol. The van der Waals surface area contributed by atoms with E-state index >= 15 is 0 Å². The first-order chi connectivity index (χ1) is 9.26. The molecule has 1 fully saturated rings. The van der Waals surface area contributed by atoms with Gasteiger partial charge in [-0.2, -0.15) is 0 Å². The fourth-order valence-electron chi connectivity index (χ4n) is 2.03. The van der Waals surface area contributed by atoms with Crippen LogP contribution in [0.4, 0.5) is 0 Å². The molecule has 0 radical (unpaired) electrons. The van der Waals surface area contributed by atoms with Crippen molar-refractivity contribution in [3.63, 3.8) is 0 Å². The number of aliphatic hydroxyl groups excluding tert-OH is 1. The van der Waals surface area contributed by atoms with Crippen molar-refractivity contribution < 1.29 is 9.84 Å². The van der Waals surface area contributed by atoms with Crippen molar-refractivity contribution in [3.8, 4) is 5.75 Å². The molecule has 0 bridgehead atoms. The van der Waals surface area contributed by atoms with Gasteiger partial charge in [0.15, 0.2) is 0 Å². The Labute approximate surface area is 117 Å². The molecular formula is C16H18O2S. The number of rotatable bonds is 5. The van der Waals surface area contributed by atoms with Gasteiger partial charge >= 0.3 is 0 Å². The van der Waals surface area contributed by atoms with Crippen LogP contribution in [0.2, 0.25) is 0 Å². The zero-order valence-corrected chi connectivity index (χ0v) is 11.8. The van der Waals surface area contributed by atoms with Gasteiger partial charge in [0.1, 0.15) is 11.9 Å². The summed E-state index contributed by atoms with van der Waals surface area (Å²) in [6.45, 7) is 2.13. The zero-order chi connectivity index (χ0) is 13.2. The predicted molar refractivity (Wildman–Crippen MR) is 77.9 cm³/mol. The van der Waals surface area contributed by atoms with E-state index in [4.69, 9.17) is 4.74 Å². The Hall–Kier alpha value is -1.32. The minimum atomic E-state index is -0.548. The summed E-state index contributed by atoms with van der Waals surface area (Å²) in [4.78, 5) is 2.31. The van der Waals surface area contributed by atoms with Crippen LogP contribution in [-0.4, -0.2) is 11.2 Å². The third-order valence-electron chi connectivity index (χ3n) is 3.30. The van der Waals surface area contributed by atoms with E-state index in [-0.39, 0.29) is 0 Å². The van der Waals surface area contributed by atoms with Crippen molar-refractivity contribution in [1.82, 2.24) is 0 Å². The van der Waals surface area contributed by atoms with Gasteiger partial charge in [0.2, 0.25) is 0 Å². The maximum Gasteiger partial charge on any atom is 0.120 e. The summed E-state index contributed by atoms with van der Waals surface area (Å²) < 4.78 is 5.77. The van der Waals surface area contributed by atoms with Crippen LogP contribution in [-0.2, 0) is 6.42 Å². The van der Waals surface area contributed by atoms with E-state index in [1.165, 1.54) is 4.88 Å². The molecule has 19 heavy (non-hydrogen) atoms. The van der Waals surface area contributed by atoms with Crippen molar-refractivity contribution in [2.75, 3.05) is 0 Å². The van der Waals surface area contributed by atoms with Crippen LogP contribution in [0, 0.1) is 0 Å². The van der Waals surface area contributed by atoms with E-state index in [1.54, 1.807) is 11.3 Å². The van der Waals surface area contributed by atoms with Crippen LogP contribution in [0.5, 0.6) is 5.75 Å². The largest absolute Gasteiger partial charge is 0.490 e. The highest BCUT2D eigenvalue weighted by atomic mass is 32.1. The SMILES string of the molecule is CCc1ccc(C(O)c2cccc(OC3CC3)c2)s1. The Morgan fingerprint density at radius 1 is 1.32 bits per heavy atom. The van der Waals surface area contributed by atoms with Gasteiger partial charge < -0.3 is 9.84 Å². The average molecular weight is 274 g/mol. The number of aryl methyl sites for hydroxylation is 1. The van der Waals surface area contributed by atoms with Gasteiger partial charge in [-0.15, -0.1) is 11.3 Å². The lowest BCUT2D eigenvalue weighted by Crippen LogP contribution is -2.00. The molecule has 1 aromatic carbocycles. The molecule has 1 aromatic heterocycles. The Morgan fingerprint density at radius 2 is 2.16 bits per heavy atom.